The number of aliphatic carboxylic acids is 2. The Morgan fingerprint density at radius 1 is 0.412 bits per heavy atom. The van der Waals surface area contributed by atoms with Gasteiger partial charge < -0.3 is 10.2 Å². The van der Waals surface area contributed by atoms with Gasteiger partial charge in [-0.15, -0.1) is 0 Å². The Morgan fingerprint density at radius 3 is 0.824 bits per heavy atom. The van der Waals surface area contributed by atoms with Crippen LogP contribution in [0.25, 0.3) is 0 Å². The zero-order valence-electron chi connectivity index (χ0n) is 22.8. The topological polar surface area (TPSA) is 74.6 Å². The van der Waals surface area contributed by atoms with Crippen LogP contribution in [0.15, 0.2) is 0 Å². The Morgan fingerprint density at radius 2 is 0.618 bits per heavy atom. The van der Waals surface area contributed by atoms with Crippen molar-refractivity contribution in [1.29, 1.82) is 0 Å². The summed E-state index contributed by atoms with van der Waals surface area (Å²) >= 11 is 0. The average molecular weight is 483 g/mol. The molecule has 4 nitrogen and oxygen atoms in total. The summed E-state index contributed by atoms with van der Waals surface area (Å²) in [5.41, 5.74) is 0. The molecule has 2 N–H and O–H groups in total. The summed E-state index contributed by atoms with van der Waals surface area (Å²) in [5, 5.41) is 19.0. The number of hydrogen-bond donors (Lipinski definition) is 2. The second-order valence-electron chi connectivity index (χ2n) is 10.6. The van der Waals surface area contributed by atoms with Crippen LogP contribution in [0.3, 0.4) is 0 Å². The Labute approximate surface area is 211 Å². The number of unbranched alkanes of at least 4 members (excludes halogenated alkanes) is 17. The lowest BCUT2D eigenvalue weighted by Gasteiger charge is -2.13. The van der Waals surface area contributed by atoms with Gasteiger partial charge in [-0.3, -0.25) is 9.59 Å². The largest absolute Gasteiger partial charge is 0.481 e. The van der Waals surface area contributed by atoms with Gasteiger partial charge in [0.15, 0.2) is 0 Å². The van der Waals surface area contributed by atoms with Crippen molar-refractivity contribution in [2.45, 2.75) is 168 Å². The summed E-state index contributed by atoms with van der Waals surface area (Å²) in [6.45, 7) is 4.47. The molecule has 0 aromatic rings. The first-order valence-corrected chi connectivity index (χ1v) is 15.0. The molecule has 2 unspecified atom stereocenters. The number of carbonyl (C=O) groups is 2. The van der Waals surface area contributed by atoms with E-state index in [1.807, 2.05) is 0 Å². The van der Waals surface area contributed by atoms with Gasteiger partial charge in [0.25, 0.3) is 0 Å². The van der Waals surface area contributed by atoms with Crippen LogP contribution in [0.2, 0.25) is 0 Å². The van der Waals surface area contributed by atoms with Crippen LogP contribution in [-0.2, 0) is 9.59 Å². The maximum absolute atomic E-state index is 11.6. The van der Waals surface area contributed by atoms with Crippen LogP contribution >= 0.6 is 0 Å². The summed E-state index contributed by atoms with van der Waals surface area (Å²) in [6.07, 6.45) is 27.0. The molecule has 2 atom stereocenters. The molecule has 0 aliphatic carbocycles. The van der Waals surface area contributed by atoms with Crippen molar-refractivity contribution in [3.05, 3.63) is 0 Å². The van der Waals surface area contributed by atoms with E-state index in [2.05, 4.69) is 13.8 Å². The number of carboxylic acids is 2. The van der Waals surface area contributed by atoms with Gasteiger partial charge in [-0.25, -0.2) is 0 Å². The van der Waals surface area contributed by atoms with Gasteiger partial charge in [-0.1, -0.05) is 142 Å². The van der Waals surface area contributed by atoms with Crippen molar-refractivity contribution in [1.82, 2.24) is 0 Å². The molecule has 0 fully saturated rings. The van der Waals surface area contributed by atoms with Crippen molar-refractivity contribution in [3.63, 3.8) is 0 Å². The lowest BCUT2D eigenvalue weighted by molar-refractivity contribution is -0.143. The Balaban J connectivity index is 3.78. The van der Waals surface area contributed by atoms with Crippen molar-refractivity contribution in [2.24, 2.45) is 11.8 Å². The normalized spacial score (nSPS) is 13.1. The Hall–Kier alpha value is -1.06. The fraction of sp³-hybridized carbons (Fsp3) is 0.933. The molecular weight excluding hydrogens is 424 g/mol. The molecule has 0 aromatic heterocycles. The van der Waals surface area contributed by atoms with E-state index in [1.54, 1.807) is 0 Å². The van der Waals surface area contributed by atoms with Crippen molar-refractivity contribution >= 4 is 11.9 Å². The molecule has 0 aliphatic heterocycles. The highest BCUT2D eigenvalue weighted by atomic mass is 16.4. The lowest BCUT2D eigenvalue weighted by atomic mass is 9.92. The third kappa shape index (κ3) is 21.5. The minimum Gasteiger partial charge on any atom is -0.481 e. The summed E-state index contributed by atoms with van der Waals surface area (Å²) in [5.74, 6) is -1.68. The predicted octanol–water partition coefficient (Wildman–Crippen LogP) is 9.79. The van der Waals surface area contributed by atoms with Crippen LogP contribution < -0.4 is 0 Å². The second-order valence-corrected chi connectivity index (χ2v) is 10.6. The molecule has 0 rings (SSSR count). The molecule has 202 valence electrons. The van der Waals surface area contributed by atoms with E-state index in [4.69, 9.17) is 0 Å². The molecule has 0 saturated carbocycles. The highest BCUT2D eigenvalue weighted by molar-refractivity contribution is 5.70. The van der Waals surface area contributed by atoms with E-state index in [0.29, 0.717) is 0 Å². The maximum atomic E-state index is 11.6. The number of hydrogen-bond acceptors (Lipinski definition) is 2. The fourth-order valence-corrected chi connectivity index (χ4v) is 4.97. The minimum atomic E-state index is -0.640. The van der Waals surface area contributed by atoms with Gasteiger partial charge in [0, 0.05) is 0 Å². The highest BCUT2D eigenvalue weighted by Crippen LogP contribution is 2.22. The van der Waals surface area contributed by atoms with E-state index < -0.39 is 11.9 Å². The van der Waals surface area contributed by atoms with E-state index in [9.17, 15) is 19.8 Å². The van der Waals surface area contributed by atoms with Crippen LogP contribution in [0, 0.1) is 11.8 Å². The smallest absolute Gasteiger partial charge is 0.306 e. The van der Waals surface area contributed by atoms with Gasteiger partial charge >= 0.3 is 11.9 Å². The van der Waals surface area contributed by atoms with Crippen LogP contribution in [0.1, 0.15) is 168 Å². The third-order valence-corrected chi connectivity index (χ3v) is 7.37. The van der Waals surface area contributed by atoms with Gasteiger partial charge in [0.1, 0.15) is 0 Å². The molecule has 0 amide bonds. The molecule has 0 spiro atoms. The van der Waals surface area contributed by atoms with Crippen molar-refractivity contribution < 1.29 is 19.8 Å². The molecule has 4 heteroatoms. The summed E-state index contributed by atoms with van der Waals surface area (Å²) < 4.78 is 0. The Kier molecular flexibility index (Phi) is 24.3. The van der Waals surface area contributed by atoms with Crippen molar-refractivity contribution in [2.75, 3.05) is 0 Å². The number of carboxylic acid groups (broad SMARTS) is 2. The molecule has 0 aliphatic rings. The standard InChI is InChI=1S/C30H58O4/c1-3-5-7-9-11-13-15-19-23-27(29(31)32)25-21-17-18-22-26-28(30(33)34)24-20-16-14-12-10-8-6-4-2/h27-28H,3-26H2,1-2H3,(H,31,32)(H,33,34). The van der Waals surface area contributed by atoms with Crippen LogP contribution in [0.4, 0.5) is 0 Å². The molecule has 0 heterocycles. The molecule has 0 bridgehead atoms. The van der Waals surface area contributed by atoms with Gasteiger partial charge in [-0.2, -0.15) is 0 Å². The van der Waals surface area contributed by atoms with Crippen LogP contribution in [-0.4, -0.2) is 22.2 Å². The summed E-state index contributed by atoms with van der Waals surface area (Å²) in [6, 6.07) is 0. The second kappa shape index (κ2) is 25.0. The molecule has 0 aromatic carbocycles. The van der Waals surface area contributed by atoms with E-state index in [0.717, 1.165) is 77.0 Å². The quantitative estimate of drug-likeness (QED) is 0.114. The van der Waals surface area contributed by atoms with Gasteiger partial charge in [0.2, 0.25) is 0 Å². The average Bonchev–Trinajstić information content (AvgIpc) is 2.81. The fourth-order valence-electron chi connectivity index (χ4n) is 4.97. The van der Waals surface area contributed by atoms with E-state index in [-0.39, 0.29) is 11.8 Å². The SMILES string of the molecule is CCCCCCCCCCC(CCCCCCC(CCCCCCCCCC)C(=O)O)C(=O)O. The summed E-state index contributed by atoms with van der Waals surface area (Å²) in [7, 11) is 0. The Bertz CT molecular complexity index is 421. The van der Waals surface area contributed by atoms with Crippen LogP contribution in [0.5, 0.6) is 0 Å². The molecule has 0 saturated heterocycles. The minimum absolute atomic E-state index is 0.200. The molecule has 34 heavy (non-hydrogen) atoms. The third-order valence-electron chi connectivity index (χ3n) is 7.37. The monoisotopic (exact) mass is 482 g/mol. The first kappa shape index (κ1) is 32.9. The summed E-state index contributed by atoms with van der Waals surface area (Å²) in [4.78, 5) is 23.1. The van der Waals surface area contributed by atoms with Gasteiger partial charge in [-0.05, 0) is 25.7 Å². The number of rotatable bonds is 27. The van der Waals surface area contributed by atoms with Crippen molar-refractivity contribution in [3.8, 4) is 0 Å². The lowest BCUT2D eigenvalue weighted by Crippen LogP contribution is -2.14. The highest BCUT2D eigenvalue weighted by Gasteiger charge is 2.18. The first-order chi connectivity index (χ1) is 16.5. The molecular formula is C30H58O4. The molecule has 0 radical (unpaired) electrons. The first-order valence-electron chi connectivity index (χ1n) is 15.0. The van der Waals surface area contributed by atoms with E-state index >= 15 is 0 Å². The maximum Gasteiger partial charge on any atom is 0.306 e. The zero-order valence-corrected chi connectivity index (χ0v) is 22.8. The zero-order chi connectivity index (χ0) is 25.3. The van der Waals surface area contributed by atoms with Gasteiger partial charge in [0.05, 0.1) is 11.8 Å². The van der Waals surface area contributed by atoms with E-state index in [1.165, 1.54) is 77.0 Å². The predicted molar refractivity (Wildman–Crippen MR) is 144 cm³/mol.